The number of hydrogen-bond acceptors (Lipinski definition) is 4. The lowest BCUT2D eigenvalue weighted by Crippen LogP contribution is -2.26. The number of aliphatic hydroxyl groups excluding tert-OH is 1. The highest BCUT2D eigenvalue weighted by atomic mass is 16.5. The van der Waals surface area contributed by atoms with Crippen molar-refractivity contribution in [3.8, 4) is 0 Å². The Balaban J connectivity index is 2.13. The van der Waals surface area contributed by atoms with Crippen molar-refractivity contribution < 1.29 is 9.84 Å². The molecule has 1 saturated heterocycles. The molecular weight excluding hydrogens is 182 g/mol. The summed E-state index contributed by atoms with van der Waals surface area (Å²) in [5.41, 5.74) is 0. The molecule has 2 heterocycles. The van der Waals surface area contributed by atoms with Gasteiger partial charge in [0, 0.05) is 12.6 Å². The molecule has 14 heavy (non-hydrogen) atoms. The largest absolute Gasteiger partial charge is 0.388 e. The van der Waals surface area contributed by atoms with Crippen LogP contribution in [0.3, 0.4) is 0 Å². The van der Waals surface area contributed by atoms with Crippen LogP contribution in [0.4, 0.5) is 0 Å². The van der Waals surface area contributed by atoms with Crippen molar-refractivity contribution in [3.05, 3.63) is 12.2 Å². The Kier molecular flexibility index (Phi) is 2.79. The number of hydrogen-bond donors (Lipinski definition) is 1. The first kappa shape index (κ1) is 9.61. The molecule has 0 spiro atoms. The Bertz CT molecular complexity index is 300. The summed E-state index contributed by atoms with van der Waals surface area (Å²) in [6.45, 7) is 2.79. The molecule has 1 aliphatic rings. The van der Waals surface area contributed by atoms with Crippen molar-refractivity contribution in [2.75, 3.05) is 6.61 Å². The molecule has 0 saturated carbocycles. The van der Waals surface area contributed by atoms with Crippen LogP contribution in [0.1, 0.15) is 31.6 Å². The van der Waals surface area contributed by atoms with E-state index in [0.29, 0.717) is 11.9 Å². The van der Waals surface area contributed by atoms with E-state index in [1.807, 2.05) is 4.57 Å². The first-order valence-electron chi connectivity index (χ1n) is 4.92. The number of aliphatic hydroxyl groups is 1. The number of nitrogens with zero attached hydrogens (tertiary/aromatic N) is 3. The first-order chi connectivity index (χ1) is 6.81. The zero-order valence-corrected chi connectivity index (χ0v) is 8.26. The van der Waals surface area contributed by atoms with E-state index in [0.717, 1.165) is 19.4 Å². The Morgan fingerprint density at radius 2 is 2.57 bits per heavy atom. The van der Waals surface area contributed by atoms with Crippen LogP contribution in [-0.2, 0) is 11.3 Å². The van der Waals surface area contributed by atoms with Gasteiger partial charge in [-0.25, -0.2) is 0 Å². The average Bonchev–Trinajstić information content (AvgIpc) is 2.65. The summed E-state index contributed by atoms with van der Waals surface area (Å²) in [7, 11) is 0. The Morgan fingerprint density at radius 1 is 1.71 bits per heavy atom. The third kappa shape index (κ3) is 1.78. The highest BCUT2D eigenvalue weighted by Crippen LogP contribution is 2.25. The van der Waals surface area contributed by atoms with E-state index >= 15 is 0 Å². The molecule has 0 bridgehead atoms. The zero-order chi connectivity index (χ0) is 9.97. The molecule has 2 unspecified atom stereocenters. The molecule has 1 fully saturated rings. The van der Waals surface area contributed by atoms with E-state index < -0.39 is 0 Å². The van der Waals surface area contributed by atoms with E-state index in [1.54, 1.807) is 6.33 Å². The fourth-order valence-electron chi connectivity index (χ4n) is 1.91. The van der Waals surface area contributed by atoms with Crippen LogP contribution in [0.25, 0.3) is 0 Å². The standard InChI is InChI=1S/C9H15N3O2/c1-7-4-8(2-3-14-7)12-6-10-11-9(12)5-13/h6-8,13H,2-5H2,1H3. The van der Waals surface area contributed by atoms with Gasteiger partial charge < -0.3 is 14.4 Å². The lowest BCUT2D eigenvalue weighted by molar-refractivity contribution is 0.00475. The van der Waals surface area contributed by atoms with Gasteiger partial charge in [0.05, 0.1) is 6.10 Å². The topological polar surface area (TPSA) is 60.2 Å². The van der Waals surface area contributed by atoms with Crippen LogP contribution in [0.2, 0.25) is 0 Å². The van der Waals surface area contributed by atoms with Gasteiger partial charge in [-0.05, 0) is 19.8 Å². The number of rotatable bonds is 2. The van der Waals surface area contributed by atoms with E-state index in [1.165, 1.54) is 0 Å². The maximum absolute atomic E-state index is 9.05. The summed E-state index contributed by atoms with van der Waals surface area (Å²) in [5.74, 6) is 0.643. The maximum atomic E-state index is 9.05. The van der Waals surface area contributed by atoms with Crippen molar-refractivity contribution in [1.82, 2.24) is 14.8 Å². The van der Waals surface area contributed by atoms with Crippen LogP contribution in [0, 0.1) is 0 Å². The highest BCUT2D eigenvalue weighted by Gasteiger charge is 2.22. The maximum Gasteiger partial charge on any atom is 0.158 e. The molecule has 1 aromatic heterocycles. The third-order valence-electron chi connectivity index (χ3n) is 2.64. The molecule has 1 aliphatic heterocycles. The molecule has 0 radical (unpaired) electrons. The summed E-state index contributed by atoms with van der Waals surface area (Å²) in [5, 5.41) is 16.7. The van der Waals surface area contributed by atoms with Crippen molar-refractivity contribution in [2.24, 2.45) is 0 Å². The molecule has 0 amide bonds. The minimum absolute atomic E-state index is 0.0499. The second kappa shape index (κ2) is 4.06. The highest BCUT2D eigenvalue weighted by molar-refractivity contribution is 4.89. The van der Waals surface area contributed by atoms with Crippen LogP contribution in [0.5, 0.6) is 0 Å². The fourth-order valence-corrected chi connectivity index (χ4v) is 1.91. The van der Waals surface area contributed by atoms with Gasteiger partial charge in [-0.3, -0.25) is 0 Å². The summed E-state index contributed by atoms with van der Waals surface area (Å²) >= 11 is 0. The molecule has 0 aliphatic carbocycles. The van der Waals surface area contributed by atoms with E-state index in [2.05, 4.69) is 17.1 Å². The van der Waals surface area contributed by atoms with Gasteiger partial charge in [0.25, 0.3) is 0 Å². The predicted octanol–water partition coefficient (Wildman–Crippen LogP) is 0.510. The Labute approximate surface area is 82.7 Å². The molecule has 1 aromatic rings. The first-order valence-corrected chi connectivity index (χ1v) is 4.92. The molecule has 0 aromatic carbocycles. The van der Waals surface area contributed by atoms with E-state index in [4.69, 9.17) is 9.84 Å². The molecule has 78 valence electrons. The van der Waals surface area contributed by atoms with Crippen LogP contribution >= 0.6 is 0 Å². The van der Waals surface area contributed by atoms with Crippen molar-refractivity contribution in [3.63, 3.8) is 0 Å². The molecule has 1 N–H and O–H groups in total. The van der Waals surface area contributed by atoms with Gasteiger partial charge in [-0.15, -0.1) is 10.2 Å². The van der Waals surface area contributed by atoms with Crippen LogP contribution in [-0.4, -0.2) is 32.6 Å². The zero-order valence-electron chi connectivity index (χ0n) is 8.26. The summed E-state index contributed by atoms with van der Waals surface area (Å²) < 4.78 is 7.42. The van der Waals surface area contributed by atoms with E-state index in [-0.39, 0.29) is 12.7 Å². The Morgan fingerprint density at radius 3 is 3.29 bits per heavy atom. The SMILES string of the molecule is CC1CC(n2cnnc2CO)CCO1. The lowest BCUT2D eigenvalue weighted by Gasteiger charge is -2.28. The number of aromatic nitrogens is 3. The quantitative estimate of drug-likeness (QED) is 0.750. The van der Waals surface area contributed by atoms with Gasteiger partial charge in [0.1, 0.15) is 12.9 Å². The smallest absolute Gasteiger partial charge is 0.158 e. The average molecular weight is 197 g/mol. The van der Waals surface area contributed by atoms with Crippen molar-refractivity contribution in [2.45, 2.75) is 38.5 Å². The van der Waals surface area contributed by atoms with Crippen LogP contribution in [0.15, 0.2) is 6.33 Å². The second-order valence-corrected chi connectivity index (χ2v) is 3.67. The Hall–Kier alpha value is -0.940. The number of ether oxygens (including phenoxy) is 1. The van der Waals surface area contributed by atoms with Gasteiger partial charge in [-0.2, -0.15) is 0 Å². The molecule has 2 rings (SSSR count). The van der Waals surface area contributed by atoms with Gasteiger partial charge in [0.15, 0.2) is 5.82 Å². The minimum Gasteiger partial charge on any atom is -0.388 e. The summed E-state index contributed by atoms with van der Waals surface area (Å²) in [4.78, 5) is 0. The minimum atomic E-state index is -0.0499. The second-order valence-electron chi connectivity index (χ2n) is 3.67. The third-order valence-corrected chi connectivity index (χ3v) is 2.64. The lowest BCUT2D eigenvalue weighted by atomic mass is 10.0. The summed E-state index contributed by atoms with van der Waals surface area (Å²) in [6.07, 6.45) is 3.90. The van der Waals surface area contributed by atoms with Gasteiger partial charge in [0.2, 0.25) is 0 Å². The molecular formula is C9H15N3O2. The monoisotopic (exact) mass is 197 g/mol. The van der Waals surface area contributed by atoms with E-state index in [9.17, 15) is 0 Å². The van der Waals surface area contributed by atoms with Crippen molar-refractivity contribution >= 4 is 0 Å². The summed E-state index contributed by atoms with van der Waals surface area (Å²) in [6, 6.07) is 0.371. The normalized spacial score (nSPS) is 27.9. The molecule has 5 heteroatoms. The van der Waals surface area contributed by atoms with Gasteiger partial charge in [-0.1, -0.05) is 0 Å². The predicted molar refractivity (Wildman–Crippen MR) is 49.6 cm³/mol. The fraction of sp³-hybridized carbons (Fsp3) is 0.778. The molecule has 5 nitrogen and oxygen atoms in total. The van der Waals surface area contributed by atoms with Crippen molar-refractivity contribution in [1.29, 1.82) is 0 Å². The van der Waals surface area contributed by atoms with Crippen LogP contribution < -0.4 is 0 Å². The van der Waals surface area contributed by atoms with Gasteiger partial charge >= 0.3 is 0 Å². The molecule has 2 atom stereocenters.